The predicted octanol–water partition coefficient (Wildman–Crippen LogP) is 3.30. The summed E-state index contributed by atoms with van der Waals surface area (Å²) in [7, 11) is 5.24. The van der Waals surface area contributed by atoms with Crippen molar-refractivity contribution >= 4 is 17.7 Å². The molecule has 276 valence electrons. The van der Waals surface area contributed by atoms with E-state index >= 15 is 0 Å². The van der Waals surface area contributed by atoms with E-state index in [0.717, 1.165) is 0 Å². The Hall–Kier alpha value is -2.71. The number of cyclic esters (lactones) is 1. The van der Waals surface area contributed by atoms with Crippen LogP contribution in [0.1, 0.15) is 78.1 Å². The molecular weight excluding hydrogens is 634 g/mol. The fourth-order valence-electron chi connectivity index (χ4n) is 7.15. The molecule has 12 nitrogen and oxygen atoms in total. The number of aliphatic hydroxyl groups excluding tert-OH is 2. The van der Waals surface area contributed by atoms with Gasteiger partial charge in [0.25, 0.3) is 0 Å². The number of ether oxygens (including phenoxy) is 5. The maximum Gasteiger partial charge on any atom is 0.338 e. The number of allylic oxidation sites excluding steroid dienone is 1. The largest absolute Gasteiger partial charge is 0.459 e. The molecule has 49 heavy (non-hydrogen) atoms. The smallest absolute Gasteiger partial charge is 0.338 e. The lowest BCUT2D eigenvalue weighted by molar-refractivity contribution is -0.300. The van der Waals surface area contributed by atoms with Crippen molar-refractivity contribution in [3.8, 4) is 0 Å². The maximum atomic E-state index is 13.7. The summed E-state index contributed by atoms with van der Waals surface area (Å²) in [6, 6.07) is 8.31. The van der Waals surface area contributed by atoms with Gasteiger partial charge < -0.3 is 43.9 Å². The molecule has 3 N–H and O–H groups in total. The van der Waals surface area contributed by atoms with Crippen molar-refractivity contribution in [1.82, 2.24) is 4.90 Å². The third-order valence-electron chi connectivity index (χ3n) is 10.2. The lowest BCUT2D eigenvalue weighted by atomic mass is 9.76. The van der Waals surface area contributed by atoms with Crippen LogP contribution in [0.3, 0.4) is 0 Å². The van der Waals surface area contributed by atoms with E-state index in [1.807, 2.05) is 25.9 Å². The standard InChI is InChI=1S/C37H57NO11/c1-11-28-37(44,20-39)19-22(3)29(40)21(2)18-36(7,45-10)32(24(5)30(41)25(6)33(42)47-28)49-35-31(27(38(8)9)17-23(4)46-35)48-34(43)26-15-13-12-14-16-26/h12-16,19,21,23-25,27-28,30-32,35,39,41,44H,11,17-18,20H2,1-10H3/t21-,23-,24+,25-,27+,28-,30+,31-,32-,35?,36+,37-/m1/s1. The molecule has 3 rings (SSSR count). The highest BCUT2D eigenvalue weighted by molar-refractivity contribution is 5.96. The van der Waals surface area contributed by atoms with Crippen LogP contribution < -0.4 is 0 Å². The van der Waals surface area contributed by atoms with Gasteiger partial charge in [0.1, 0.15) is 11.7 Å². The Morgan fingerprint density at radius 2 is 1.73 bits per heavy atom. The Morgan fingerprint density at radius 1 is 1.10 bits per heavy atom. The van der Waals surface area contributed by atoms with Crippen LogP contribution >= 0.6 is 0 Å². The summed E-state index contributed by atoms with van der Waals surface area (Å²) in [6.45, 7) is 11.0. The van der Waals surface area contributed by atoms with E-state index in [9.17, 15) is 29.7 Å². The fourth-order valence-corrected chi connectivity index (χ4v) is 7.15. The summed E-state index contributed by atoms with van der Waals surface area (Å²) in [6.07, 6.45) is -3.82. The van der Waals surface area contributed by atoms with Gasteiger partial charge in [0.05, 0.1) is 48.0 Å². The molecule has 1 fully saturated rings. The summed E-state index contributed by atoms with van der Waals surface area (Å²) < 4.78 is 31.1. The van der Waals surface area contributed by atoms with Crippen molar-refractivity contribution in [1.29, 1.82) is 0 Å². The monoisotopic (exact) mass is 691 g/mol. The first-order valence-electron chi connectivity index (χ1n) is 17.2. The average molecular weight is 692 g/mol. The molecule has 0 amide bonds. The number of ketones is 1. The number of hydrogen-bond donors (Lipinski definition) is 3. The van der Waals surface area contributed by atoms with Gasteiger partial charge in [0, 0.05) is 18.9 Å². The lowest BCUT2D eigenvalue weighted by Gasteiger charge is -2.48. The highest BCUT2D eigenvalue weighted by Crippen LogP contribution is 2.39. The van der Waals surface area contributed by atoms with Gasteiger partial charge >= 0.3 is 11.9 Å². The highest BCUT2D eigenvalue weighted by atomic mass is 16.7. The van der Waals surface area contributed by atoms with Crippen molar-refractivity contribution in [2.75, 3.05) is 27.8 Å². The maximum absolute atomic E-state index is 13.7. The molecule has 0 aliphatic carbocycles. The number of nitrogens with zero attached hydrogens (tertiary/aromatic N) is 1. The second kappa shape index (κ2) is 17.0. The number of aliphatic hydroxyl groups is 3. The first-order valence-corrected chi connectivity index (χ1v) is 17.2. The Bertz CT molecular complexity index is 1300. The molecule has 0 spiro atoms. The SMILES string of the molecule is CC[C@H]1OC(=O)[C@H](C)[C@@H](O)[C@H](C)[C@@H](OC2O[C@H](C)C[C@H](N(C)C)[C@H]2OC(=O)c2ccccc2)[C@@](C)(OC)C[C@@H](C)C(=O)C(C)=C[C@@]1(O)CO. The molecule has 0 bridgehead atoms. The van der Waals surface area contributed by atoms with Crippen molar-refractivity contribution in [2.24, 2.45) is 17.8 Å². The molecule has 0 radical (unpaired) electrons. The third-order valence-corrected chi connectivity index (χ3v) is 10.2. The van der Waals surface area contributed by atoms with Crippen LogP contribution in [0.2, 0.25) is 0 Å². The number of hydrogen-bond acceptors (Lipinski definition) is 12. The molecule has 12 atom stereocenters. The van der Waals surface area contributed by atoms with Gasteiger partial charge in [-0.1, -0.05) is 39.0 Å². The van der Waals surface area contributed by atoms with Crippen molar-refractivity contribution in [3.63, 3.8) is 0 Å². The summed E-state index contributed by atoms with van der Waals surface area (Å²) in [5.41, 5.74) is -2.74. The van der Waals surface area contributed by atoms with Gasteiger partial charge in [-0.15, -0.1) is 0 Å². The molecular formula is C37H57NO11. The molecule has 2 heterocycles. The van der Waals surface area contributed by atoms with Crippen LogP contribution in [0.15, 0.2) is 42.0 Å². The molecule has 1 unspecified atom stereocenters. The predicted molar refractivity (Wildman–Crippen MR) is 181 cm³/mol. The number of Topliss-reactive ketones (excluding diaryl/α,β-unsaturated/α-hetero) is 1. The first-order chi connectivity index (χ1) is 22.9. The Morgan fingerprint density at radius 3 is 2.29 bits per heavy atom. The van der Waals surface area contributed by atoms with Gasteiger partial charge in [0.2, 0.25) is 0 Å². The Labute approximate surface area is 290 Å². The highest BCUT2D eigenvalue weighted by Gasteiger charge is 2.51. The van der Waals surface area contributed by atoms with Crippen molar-refractivity contribution in [3.05, 3.63) is 47.5 Å². The minimum absolute atomic E-state index is 0.108. The second-order valence-electron chi connectivity index (χ2n) is 14.3. The number of rotatable bonds is 8. The van der Waals surface area contributed by atoms with E-state index in [2.05, 4.69) is 0 Å². The zero-order chi connectivity index (χ0) is 36.8. The topological polar surface area (TPSA) is 161 Å². The number of carbonyl (C=O) groups is 3. The number of carbonyl (C=O) groups excluding carboxylic acids is 3. The molecule has 2 aliphatic rings. The molecule has 2 aliphatic heterocycles. The van der Waals surface area contributed by atoms with Gasteiger partial charge in [-0.05, 0) is 84.8 Å². The van der Waals surface area contributed by atoms with E-state index < -0.39 is 78.2 Å². The van der Waals surface area contributed by atoms with Gasteiger partial charge in [-0.25, -0.2) is 4.79 Å². The third kappa shape index (κ3) is 9.35. The van der Waals surface area contributed by atoms with E-state index in [0.29, 0.717) is 12.0 Å². The average Bonchev–Trinajstić information content (AvgIpc) is 3.08. The van der Waals surface area contributed by atoms with Crippen LogP contribution in [0.25, 0.3) is 0 Å². The Balaban J connectivity index is 2.13. The quantitative estimate of drug-likeness (QED) is 0.342. The number of methoxy groups -OCH3 is 1. The molecule has 0 aromatic heterocycles. The molecule has 1 aromatic carbocycles. The molecule has 0 saturated carbocycles. The van der Waals surface area contributed by atoms with Crippen molar-refractivity contribution < 1.29 is 53.4 Å². The summed E-state index contributed by atoms with van der Waals surface area (Å²) >= 11 is 0. The van der Waals surface area contributed by atoms with Crippen LogP contribution in [0.4, 0.5) is 0 Å². The second-order valence-corrected chi connectivity index (χ2v) is 14.3. The molecule has 1 saturated heterocycles. The van der Waals surface area contributed by atoms with Crippen LogP contribution in [0.5, 0.6) is 0 Å². The number of esters is 2. The minimum Gasteiger partial charge on any atom is -0.459 e. The van der Waals surface area contributed by atoms with Crippen LogP contribution in [-0.2, 0) is 33.3 Å². The zero-order valence-electron chi connectivity index (χ0n) is 30.6. The summed E-state index contributed by atoms with van der Waals surface area (Å²) in [5, 5.41) is 33.3. The van der Waals surface area contributed by atoms with Gasteiger partial charge in [-0.3, -0.25) is 9.59 Å². The van der Waals surface area contributed by atoms with Crippen LogP contribution in [-0.4, -0.2) is 120 Å². The van der Waals surface area contributed by atoms with Gasteiger partial charge in [0.15, 0.2) is 18.2 Å². The number of likely N-dealkylation sites (N-methyl/N-ethyl adjacent to an activating group) is 1. The van der Waals surface area contributed by atoms with E-state index in [1.165, 1.54) is 27.0 Å². The summed E-state index contributed by atoms with van der Waals surface area (Å²) in [4.78, 5) is 42.6. The molecule has 1 aromatic rings. The summed E-state index contributed by atoms with van der Waals surface area (Å²) in [5.74, 6) is -4.27. The van der Waals surface area contributed by atoms with E-state index in [1.54, 1.807) is 58.0 Å². The van der Waals surface area contributed by atoms with Gasteiger partial charge in [-0.2, -0.15) is 0 Å². The fraction of sp³-hybridized carbons (Fsp3) is 0.703. The van der Waals surface area contributed by atoms with Crippen LogP contribution in [0, 0.1) is 17.8 Å². The normalized spacial score (nSPS) is 38.4. The Kier molecular flexibility index (Phi) is 14.1. The van der Waals surface area contributed by atoms with Crippen molar-refractivity contribution in [2.45, 2.75) is 122 Å². The number of benzene rings is 1. The molecule has 12 heteroatoms. The zero-order valence-corrected chi connectivity index (χ0v) is 30.6. The lowest BCUT2D eigenvalue weighted by Crippen LogP contribution is -2.60. The van der Waals surface area contributed by atoms with E-state index in [-0.39, 0.29) is 36.3 Å². The first kappa shape index (κ1) is 40.7. The van der Waals surface area contributed by atoms with E-state index in [4.69, 9.17) is 23.7 Å². The minimum atomic E-state index is -2.02.